The Balaban J connectivity index is 1.69. The smallest absolute Gasteiger partial charge is 0.253 e. The molecule has 3 aromatic rings. The summed E-state index contributed by atoms with van der Waals surface area (Å²) in [5, 5.41) is 8.42. The zero-order chi connectivity index (χ0) is 22.2. The zero-order valence-corrected chi connectivity index (χ0v) is 19.7. The average molecular weight is 474 g/mol. The van der Waals surface area contributed by atoms with Gasteiger partial charge in [0.05, 0.1) is 16.3 Å². The van der Waals surface area contributed by atoms with Gasteiger partial charge < -0.3 is 10.6 Å². The Labute approximate surface area is 195 Å². The maximum absolute atomic E-state index is 12.9. The lowest BCUT2D eigenvalue weighted by molar-refractivity contribution is -0.118. The molecular formula is C23H24ClN3O2S2. The number of carbonyl (C=O) groups is 2. The first-order chi connectivity index (χ1) is 15.0. The summed E-state index contributed by atoms with van der Waals surface area (Å²) in [6.45, 7) is 2.11. The lowest BCUT2D eigenvalue weighted by Gasteiger charge is -2.17. The van der Waals surface area contributed by atoms with E-state index in [4.69, 9.17) is 11.6 Å². The van der Waals surface area contributed by atoms with Crippen LogP contribution in [0.4, 0.5) is 5.13 Å². The number of hydrogen-bond donors (Lipinski definition) is 2. The number of carbonyl (C=O) groups excluding carboxylic acids is 2. The first-order valence-corrected chi connectivity index (χ1v) is 12.6. The largest absolute Gasteiger partial charge is 0.340 e. The van der Waals surface area contributed by atoms with E-state index in [0.717, 1.165) is 23.4 Å². The van der Waals surface area contributed by atoms with Gasteiger partial charge in [0.25, 0.3) is 5.91 Å². The number of anilines is 1. The van der Waals surface area contributed by atoms with Gasteiger partial charge in [-0.15, -0.1) is 11.3 Å². The summed E-state index contributed by atoms with van der Waals surface area (Å²) in [4.78, 5) is 30.1. The normalized spacial score (nSPS) is 11.7. The Morgan fingerprint density at radius 3 is 2.58 bits per heavy atom. The molecule has 2 aromatic carbocycles. The summed E-state index contributed by atoms with van der Waals surface area (Å²) in [6.07, 6.45) is 3.44. The van der Waals surface area contributed by atoms with E-state index in [1.807, 2.05) is 23.8 Å². The van der Waals surface area contributed by atoms with Crippen LogP contribution in [-0.4, -0.2) is 34.8 Å². The Morgan fingerprint density at radius 1 is 1.16 bits per heavy atom. The number of halogens is 1. The van der Waals surface area contributed by atoms with Crippen molar-refractivity contribution in [3.63, 3.8) is 0 Å². The first kappa shape index (κ1) is 23.3. The van der Waals surface area contributed by atoms with Gasteiger partial charge in [-0.1, -0.05) is 54.9 Å². The summed E-state index contributed by atoms with van der Waals surface area (Å²) in [5.74, 6) is 0.0627. The van der Waals surface area contributed by atoms with Crippen LogP contribution in [0.5, 0.6) is 0 Å². The predicted octanol–water partition coefficient (Wildman–Crippen LogP) is 5.52. The van der Waals surface area contributed by atoms with Crippen LogP contribution in [0, 0.1) is 0 Å². The molecule has 1 unspecified atom stereocenters. The number of rotatable bonds is 9. The maximum atomic E-state index is 12.9. The van der Waals surface area contributed by atoms with Crippen LogP contribution in [0.3, 0.4) is 0 Å². The van der Waals surface area contributed by atoms with Crippen LogP contribution in [0.2, 0.25) is 5.02 Å². The summed E-state index contributed by atoms with van der Waals surface area (Å²) in [5.41, 5.74) is 3.42. The van der Waals surface area contributed by atoms with Crippen molar-refractivity contribution < 1.29 is 9.59 Å². The number of hydrogen-bond acceptors (Lipinski definition) is 5. The van der Waals surface area contributed by atoms with Gasteiger partial charge in [-0.25, -0.2) is 4.98 Å². The minimum Gasteiger partial charge on any atom is -0.340 e. The Hall–Kier alpha value is -2.35. The average Bonchev–Trinajstić information content (AvgIpc) is 3.25. The lowest BCUT2D eigenvalue weighted by Crippen LogP contribution is -2.44. The van der Waals surface area contributed by atoms with Crippen molar-refractivity contribution in [2.45, 2.75) is 25.8 Å². The monoisotopic (exact) mass is 473 g/mol. The van der Waals surface area contributed by atoms with E-state index >= 15 is 0 Å². The number of aromatic nitrogens is 1. The van der Waals surface area contributed by atoms with Crippen molar-refractivity contribution in [1.29, 1.82) is 0 Å². The van der Waals surface area contributed by atoms with Gasteiger partial charge in [-0.3, -0.25) is 9.59 Å². The highest BCUT2D eigenvalue weighted by atomic mass is 35.5. The predicted molar refractivity (Wildman–Crippen MR) is 131 cm³/mol. The third-order valence-corrected chi connectivity index (χ3v) is 6.47. The van der Waals surface area contributed by atoms with Crippen LogP contribution >= 0.6 is 34.7 Å². The van der Waals surface area contributed by atoms with Crippen molar-refractivity contribution in [2.24, 2.45) is 0 Å². The Kier molecular flexibility index (Phi) is 8.51. The summed E-state index contributed by atoms with van der Waals surface area (Å²) >= 11 is 9.10. The molecule has 3 rings (SSSR count). The molecule has 0 saturated carbocycles. The van der Waals surface area contributed by atoms with Gasteiger partial charge in [0, 0.05) is 10.9 Å². The number of nitrogens with one attached hydrogen (secondary N) is 2. The van der Waals surface area contributed by atoms with E-state index in [1.54, 1.807) is 36.0 Å². The van der Waals surface area contributed by atoms with E-state index in [9.17, 15) is 9.59 Å². The minimum absolute atomic E-state index is 0.295. The van der Waals surface area contributed by atoms with Crippen LogP contribution in [0.25, 0.3) is 11.3 Å². The molecule has 0 aliphatic heterocycles. The number of amides is 2. The number of aryl methyl sites for hydroxylation is 1. The van der Waals surface area contributed by atoms with Crippen LogP contribution in [0.15, 0.2) is 53.9 Å². The SMILES string of the molecule is CCc1ccc(-c2csc(NC(=O)C(CCSC)NC(=O)c3ccccc3Cl)n2)cc1. The number of benzene rings is 2. The molecule has 0 aliphatic carbocycles. The van der Waals surface area contributed by atoms with Crippen molar-refractivity contribution >= 4 is 51.6 Å². The topological polar surface area (TPSA) is 71.1 Å². The molecule has 1 heterocycles. The fourth-order valence-electron chi connectivity index (χ4n) is 2.95. The van der Waals surface area contributed by atoms with Crippen molar-refractivity contribution in [1.82, 2.24) is 10.3 Å². The zero-order valence-electron chi connectivity index (χ0n) is 17.4. The maximum Gasteiger partial charge on any atom is 0.253 e. The number of thioether (sulfide) groups is 1. The van der Waals surface area contributed by atoms with Crippen LogP contribution < -0.4 is 10.6 Å². The Bertz CT molecular complexity index is 1040. The van der Waals surface area contributed by atoms with Gasteiger partial charge >= 0.3 is 0 Å². The van der Waals surface area contributed by atoms with Gasteiger partial charge in [-0.2, -0.15) is 11.8 Å². The molecule has 0 bridgehead atoms. The third-order valence-electron chi connectivity index (χ3n) is 4.74. The van der Waals surface area contributed by atoms with Crippen LogP contribution in [-0.2, 0) is 11.2 Å². The Morgan fingerprint density at radius 2 is 1.90 bits per heavy atom. The highest BCUT2D eigenvalue weighted by molar-refractivity contribution is 7.98. The highest BCUT2D eigenvalue weighted by Crippen LogP contribution is 2.25. The van der Waals surface area contributed by atoms with E-state index in [1.165, 1.54) is 16.9 Å². The molecule has 2 amide bonds. The summed E-state index contributed by atoms with van der Waals surface area (Å²) in [6, 6.07) is 14.3. The number of thiazole rings is 1. The van der Waals surface area contributed by atoms with E-state index in [2.05, 4.69) is 34.7 Å². The van der Waals surface area contributed by atoms with Crippen molar-refractivity contribution in [3.8, 4) is 11.3 Å². The van der Waals surface area contributed by atoms with Crippen molar-refractivity contribution in [3.05, 3.63) is 70.1 Å². The molecule has 1 atom stereocenters. The van der Waals surface area contributed by atoms with Crippen LogP contribution in [0.1, 0.15) is 29.3 Å². The van der Waals surface area contributed by atoms with Gasteiger partial charge in [0.15, 0.2) is 5.13 Å². The fraction of sp³-hybridized carbons (Fsp3) is 0.261. The number of nitrogens with zero attached hydrogens (tertiary/aromatic N) is 1. The molecule has 1 aromatic heterocycles. The molecule has 0 fully saturated rings. The third kappa shape index (κ3) is 6.32. The molecule has 0 aliphatic rings. The van der Waals surface area contributed by atoms with Crippen molar-refractivity contribution in [2.75, 3.05) is 17.3 Å². The lowest BCUT2D eigenvalue weighted by atomic mass is 10.1. The molecule has 8 heteroatoms. The standard InChI is InChI=1S/C23H24ClN3O2S2/c1-3-15-8-10-16(11-9-15)20-14-31-23(26-20)27-22(29)19(12-13-30-2)25-21(28)17-6-4-5-7-18(17)24/h4-11,14,19H,3,12-13H2,1-2H3,(H,25,28)(H,26,27,29). The quantitative estimate of drug-likeness (QED) is 0.429. The molecule has 5 nitrogen and oxygen atoms in total. The second kappa shape index (κ2) is 11.3. The molecule has 2 N–H and O–H groups in total. The van der Waals surface area contributed by atoms with Gasteiger partial charge in [-0.05, 0) is 42.5 Å². The van der Waals surface area contributed by atoms with Gasteiger partial charge in [0.2, 0.25) is 5.91 Å². The van der Waals surface area contributed by atoms with E-state index in [0.29, 0.717) is 22.1 Å². The first-order valence-electron chi connectivity index (χ1n) is 9.91. The molecular weight excluding hydrogens is 450 g/mol. The fourth-order valence-corrected chi connectivity index (χ4v) is 4.37. The second-order valence-electron chi connectivity index (χ2n) is 6.86. The molecule has 0 saturated heterocycles. The second-order valence-corrected chi connectivity index (χ2v) is 9.12. The summed E-state index contributed by atoms with van der Waals surface area (Å²) < 4.78 is 0. The highest BCUT2D eigenvalue weighted by Gasteiger charge is 2.23. The molecule has 0 spiro atoms. The van der Waals surface area contributed by atoms with E-state index < -0.39 is 6.04 Å². The molecule has 162 valence electrons. The molecule has 31 heavy (non-hydrogen) atoms. The summed E-state index contributed by atoms with van der Waals surface area (Å²) in [7, 11) is 0. The van der Waals surface area contributed by atoms with E-state index in [-0.39, 0.29) is 11.8 Å². The van der Waals surface area contributed by atoms with Gasteiger partial charge in [0.1, 0.15) is 6.04 Å². The molecule has 0 radical (unpaired) electrons. The minimum atomic E-state index is -0.688.